The van der Waals surface area contributed by atoms with Crippen molar-refractivity contribution in [2.45, 2.75) is 38.9 Å². The molecule has 0 fully saturated rings. The minimum absolute atomic E-state index is 0.0334. The second kappa shape index (κ2) is 9.88. The van der Waals surface area contributed by atoms with E-state index in [0.717, 1.165) is 0 Å². The Morgan fingerprint density at radius 1 is 1.23 bits per heavy atom. The number of hydrogen-bond acceptors (Lipinski definition) is 5. The Balaban J connectivity index is 2.59. The van der Waals surface area contributed by atoms with E-state index in [4.69, 9.17) is 14.2 Å². The van der Waals surface area contributed by atoms with Crippen LogP contribution in [0.3, 0.4) is 0 Å². The molecular weight excluding hydrogens is 355 g/mol. The van der Waals surface area contributed by atoms with Gasteiger partial charge < -0.3 is 19.5 Å². The Morgan fingerprint density at radius 2 is 1.92 bits per heavy atom. The molecule has 0 aromatic heterocycles. The van der Waals surface area contributed by atoms with Crippen molar-refractivity contribution in [2.24, 2.45) is 0 Å². The zero-order chi connectivity index (χ0) is 19.7. The zero-order valence-electron chi connectivity index (χ0n) is 14.8. The number of hydrogen-bond donors (Lipinski definition) is 1. The largest absolute Gasteiger partial charge is 0.493 e. The van der Waals surface area contributed by atoms with Gasteiger partial charge in [0, 0.05) is 6.42 Å². The minimum Gasteiger partial charge on any atom is -0.493 e. The van der Waals surface area contributed by atoms with Gasteiger partial charge in [-0.15, -0.1) is 0 Å². The Kier molecular flexibility index (Phi) is 8.21. The Bertz CT molecular complexity index is 619. The molecule has 1 rings (SSSR count). The van der Waals surface area contributed by atoms with Crippen LogP contribution in [-0.4, -0.2) is 44.4 Å². The van der Waals surface area contributed by atoms with Crippen LogP contribution >= 0.6 is 0 Å². The number of methoxy groups -OCH3 is 1. The predicted octanol–water partition coefficient (Wildman–Crippen LogP) is 2.64. The summed E-state index contributed by atoms with van der Waals surface area (Å²) in [6.07, 6.45) is -4.04. The van der Waals surface area contributed by atoms with Gasteiger partial charge >= 0.3 is 12.1 Å². The summed E-state index contributed by atoms with van der Waals surface area (Å²) in [5, 5.41) is 2.52. The fourth-order valence-corrected chi connectivity index (χ4v) is 2.04. The second-order valence-electron chi connectivity index (χ2n) is 5.43. The van der Waals surface area contributed by atoms with Crippen molar-refractivity contribution in [3.8, 4) is 11.5 Å². The van der Waals surface area contributed by atoms with Crippen molar-refractivity contribution < 1.29 is 37.0 Å². The van der Waals surface area contributed by atoms with E-state index < -0.39 is 24.8 Å². The van der Waals surface area contributed by atoms with E-state index in [1.165, 1.54) is 26.2 Å². The van der Waals surface area contributed by atoms with Gasteiger partial charge in [-0.3, -0.25) is 4.79 Å². The molecule has 0 aliphatic rings. The molecule has 1 amide bonds. The number of rotatable bonds is 9. The summed E-state index contributed by atoms with van der Waals surface area (Å²) in [5.74, 6) is -0.753. The van der Waals surface area contributed by atoms with Crippen molar-refractivity contribution in [2.75, 3.05) is 20.3 Å². The molecule has 146 valence electrons. The lowest BCUT2D eigenvalue weighted by Crippen LogP contribution is -2.39. The number of aryl methyl sites for hydroxylation is 1. The standard InChI is InChI=1S/C17H22F3NO5/c1-4-25-16(23)11(2)21-15(22)8-6-12-5-7-13(14(9-12)24-3)26-10-17(18,19)20/h5,7,9,11H,4,6,8,10H2,1-3H3,(H,21,22). The van der Waals surface area contributed by atoms with Crippen molar-refractivity contribution >= 4 is 11.9 Å². The summed E-state index contributed by atoms with van der Waals surface area (Å²) in [4.78, 5) is 23.3. The van der Waals surface area contributed by atoms with E-state index in [1.807, 2.05) is 0 Å². The molecule has 26 heavy (non-hydrogen) atoms. The number of alkyl halides is 3. The topological polar surface area (TPSA) is 73.9 Å². The van der Waals surface area contributed by atoms with Crippen LogP contribution in [0.25, 0.3) is 0 Å². The molecule has 0 radical (unpaired) electrons. The van der Waals surface area contributed by atoms with Crippen LogP contribution in [0, 0.1) is 0 Å². The molecule has 0 aliphatic heterocycles. The van der Waals surface area contributed by atoms with Crippen molar-refractivity contribution in [1.29, 1.82) is 0 Å². The zero-order valence-corrected chi connectivity index (χ0v) is 14.8. The van der Waals surface area contributed by atoms with Gasteiger partial charge in [0.05, 0.1) is 13.7 Å². The maximum absolute atomic E-state index is 12.2. The second-order valence-corrected chi connectivity index (χ2v) is 5.43. The first-order chi connectivity index (χ1) is 12.2. The SMILES string of the molecule is CCOC(=O)C(C)NC(=O)CCc1ccc(OCC(F)(F)F)c(OC)c1. The predicted molar refractivity (Wildman–Crippen MR) is 87.1 cm³/mol. The van der Waals surface area contributed by atoms with Crippen LogP contribution in [0.4, 0.5) is 13.2 Å². The molecule has 0 heterocycles. The smallest absolute Gasteiger partial charge is 0.422 e. The first-order valence-corrected chi connectivity index (χ1v) is 7.98. The van der Waals surface area contributed by atoms with Gasteiger partial charge in [-0.05, 0) is 38.0 Å². The highest BCUT2D eigenvalue weighted by Crippen LogP contribution is 2.30. The molecule has 1 atom stereocenters. The lowest BCUT2D eigenvalue weighted by molar-refractivity contribution is -0.153. The summed E-state index contributed by atoms with van der Waals surface area (Å²) in [6.45, 7) is 1.99. The number of halogens is 3. The molecule has 9 heteroatoms. The number of carbonyl (C=O) groups is 2. The Labute approximate surface area is 149 Å². The fraction of sp³-hybridized carbons (Fsp3) is 0.529. The molecule has 0 spiro atoms. The lowest BCUT2D eigenvalue weighted by Gasteiger charge is -2.14. The number of carbonyl (C=O) groups excluding carboxylic acids is 2. The monoisotopic (exact) mass is 377 g/mol. The van der Waals surface area contributed by atoms with Crippen molar-refractivity contribution in [3.05, 3.63) is 23.8 Å². The third-order valence-corrected chi connectivity index (χ3v) is 3.28. The van der Waals surface area contributed by atoms with Gasteiger partial charge in [0.25, 0.3) is 0 Å². The average Bonchev–Trinajstić information content (AvgIpc) is 2.57. The maximum atomic E-state index is 12.2. The van der Waals surface area contributed by atoms with Crippen LogP contribution in [-0.2, 0) is 20.7 Å². The van der Waals surface area contributed by atoms with E-state index in [9.17, 15) is 22.8 Å². The molecule has 0 aliphatic carbocycles. The number of amides is 1. The first-order valence-electron chi connectivity index (χ1n) is 7.98. The molecule has 0 saturated heterocycles. The quantitative estimate of drug-likeness (QED) is 0.670. The molecule has 0 saturated carbocycles. The molecule has 6 nitrogen and oxygen atoms in total. The molecular formula is C17H22F3NO5. The van der Waals surface area contributed by atoms with Gasteiger partial charge in [-0.1, -0.05) is 6.07 Å². The van der Waals surface area contributed by atoms with Gasteiger partial charge in [-0.25, -0.2) is 4.79 Å². The maximum Gasteiger partial charge on any atom is 0.422 e. The fourth-order valence-electron chi connectivity index (χ4n) is 2.04. The molecule has 0 bridgehead atoms. The molecule has 1 unspecified atom stereocenters. The summed E-state index contributed by atoms with van der Waals surface area (Å²) in [7, 11) is 1.31. The normalized spacial score (nSPS) is 12.2. The highest BCUT2D eigenvalue weighted by atomic mass is 19.4. The van der Waals surface area contributed by atoms with E-state index in [2.05, 4.69) is 5.32 Å². The summed E-state index contributed by atoms with van der Waals surface area (Å²) in [5.41, 5.74) is 0.681. The Morgan fingerprint density at radius 3 is 2.50 bits per heavy atom. The summed E-state index contributed by atoms with van der Waals surface area (Å²) in [6, 6.07) is 3.67. The van der Waals surface area contributed by atoms with Gasteiger partial charge in [0.1, 0.15) is 6.04 Å². The first kappa shape index (κ1) is 21.6. The van der Waals surface area contributed by atoms with Crippen molar-refractivity contribution in [3.63, 3.8) is 0 Å². The van der Waals surface area contributed by atoms with E-state index in [-0.39, 0.29) is 30.4 Å². The number of ether oxygens (including phenoxy) is 3. The highest BCUT2D eigenvalue weighted by Gasteiger charge is 2.29. The average molecular weight is 377 g/mol. The molecule has 1 N–H and O–H groups in total. The highest BCUT2D eigenvalue weighted by molar-refractivity contribution is 5.84. The summed E-state index contributed by atoms with van der Waals surface area (Å²) < 4.78 is 51.2. The van der Waals surface area contributed by atoms with E-state index in [1.54, 1.807) is 13.0 Å². The van der Waals surface area contributed by atoms with Gasteiger partial charge in [0.2, 0.25) is 5.91 Å². The van der Waals surface area contributed by atoms with Crippen molar-refractivity contribution in [1.82, 2.24) is 5.32 Å². The van der Waals surface area contributed by atoms with E-state index in [0.29, 0.717) is 12.0 Å². The summed E-state index contributed by atoms with van der Waals surface area (Å²) >= 11 is 0. The number of nitrogens with one attached hydrogen (secondary N) is 1. The minimum atomic E-state index is -4.45. The lowest BCUT2D eigenvalue weighted by atomic mass is 10.1. The third-order valence-electron chi connectivity index (χ3n) is 3.28. The van der Waals surface area contributed by atoms with E-state index >= 15 is 0 Å². The van der Waals surface area contributed by atoms with Crippen LogP contribution in [0.15, 0.2) is 18.2 Å². The third kappa shape index (κ3) is 7.62. The van der Waals surface area contributed by atoms with Gasteiger partial charge in [0.15, 0.2) is 18.1 Å². The number of benzene rings is 1. The van der Waals surface area contributed by atoms with Crippen LogP contribution in [0.1, 0.15) is 25.8 Å². The van der Waals surface area contributed by atoms with Crippen LogP contribution in [0.2, 0.25) is 0 Å². The molecule has 1 aromatic carbocycles. The van der Waals surface area contributed by atoms with Crippen LogP contribution in [0.5, 0.6) is 11.5 Å². The number of esters is 1. The molecule has 1 aromatic rings. The van der Waals surface area contributed by atoms with Crippen LogP contribution < -0.4 is 14.8 Å². The van der Waals surface area contributed by atoms with Gasteiger partial charge in [-0.2, -0.15) is 13.2 Å². The Hall–Kier alpha value is -2.45.